The van der Waals surface area contributed by atoms with Crippen molar-refractivity contribution in [2.45, 2.75) is 44.7 Å². The summed E-state index contributed by atoms with van der Waals surface area (Å²) in [5.41, 5.74) is -0.561. The molecule has 0 bridgehead atoms. The molecule has 0 atom stereocenters. The number of ether oxygens (including phenoxy) is 1. The standard InChI is InChI=1S/C24H24F3N3O6/c1-12-20-17(36-23(30-20)14-7-5-13(10-31)6-8-14)9-16(21(12)35-11-19(32)33)29-22(34)15-3-2-4-18(28-15)24(25,26)27/h2-4,9,13-14,31H,5-8,10-11H2,1H3,(H,29,34)(H,32,33). The molecular weight excluding hydrogens is 483 g/mol. The summed E-state index contributed by atoms with van der Waals surface area (Å²) in [5, 5.41) is 20.9. The van der Waals surface area contributed by atoms with Crippen molar-refractivity contribution in [2.24, 2.45) is 5.92 Å². The van der Waals surface area contributed by atoms with E-state index in [0.717, 1.165) is 43.9 Å². The van der Waals surface area contributed by atoms with Gasteiger partial charge in [-0.25, -0.2) is 14.8 Å². The van der Waals surface area contributed by atoms with Crippen LogP contribution in [0.15, 0.2) is 28.7 Å². The van der Waals surface area contributed by atoms with Crippen LogP contribution in [0.5, 0.6) is 5.75 Å². The predicted octanol–water partition coefficient (Wildman–Crippen LogP) is 4.53. The Kier molecular flexibility index (Phi) is 7.16. The van der Waals surface area contributed by atoms with E-state index in [0.29, 0.717) is 22.6 Å². The number of alkyl halides is 3. The molecule has 1 aromatic carbocycles. The van der Waals surface area contributed by atoms with Crippen LogP contribution in [0.3, 0.4) is 0 Å². The molecule has 192 valence electrons. The average molecular weight is 507 g/mol. The highest BCUT2D eigenvalue weighted by Crippen LogP contribution is 2.40. The first-order valence-electron chi connectivity index (χ1n) is 11.3. The van der Waals surface area contributed by atoms with Gasteiger partial charge in [0.2, 0.25) is 0 Å². The molecule has 1 amide bonds. The Bertz CT molecular complexity index is 1280. The third kappa shape index (κ3) is 5.43. The Labute approximate surface area is 203 Å². The van der Waals surface area contributed by atoms with Gasteiger partial charge in [0.1, 0.15) is 22.7 Å². The van der Waals surface area contributed by atoms with E-state index in [1.165, 1.54) is 6.07 Å². The maximum atomic E-state index is 13.0. The van der Waals surface area contributed by atoms with Gasteiger partial charge in [0.05, 0.1) is 5.69 Å². The van der Waals surface area contributed by atoms with E-state index in [1.807, 2.05) is 0 Å². The summed E-state index contributed by atoms with van der Waals surface area (Å²) in [5.74, 6) is -1.43. The molecule has 1 aliphatic carbocycles. The Hall–Kier alpha value is -3.67. The number of aliphatic hydroxyl groups excluding tert-OH is 1. The van der Waals surface area contributed by atoms with Crippen molar-refractivity contribution >= 4 is 28.7 Å². The highest BCUT2D eigenvalue weighted by molar-refractivity contribution is 6.05. The van der Waals surface area contributed by atoms with Crippen LogP contribution in [0, 0.1) is 12.8 Å². The Morgan fingerprint density at radius 1 is 1.19 bits per heavy atom. The number of carboxylic acids is 1. The van der Waals surface area contributed by atoms with Crippen molar-refractivity contribution in [2.75, 3.05) is 18.5 Å². The van der Waals surface area contributed by atoms with Gasteiger partial charge in [0, 0.05) is 24.2 Å². The number of hydrogen-bond donors (Lipinski definition) is 3. The molecule has 36 heavy (non-hydrogen) atoms. The SMILES string of the molecule is Cc1c(OCC(=O)O)c(NC(=O)c2cccc(C(F)(F)F)n2)cc2oc(C3CCC(CO)CC3)nc12. The third-order valence-electron chi connectivity index (χ3n) is 6.20. The number of nitrogens with zero attached hydrogens (tertiary/aromatic N) is 2. The second kappa shape index (κ2) is 10.1. The van der Waals surface area contributed by atoms with Gasteiger partial charge >= 0.3 is 12.1 Å². The maximum absolute atomic E-state index is 13.0. The molecule has 3 aromatic rings. The van der Waals surface area contributed by atoms with Gasteiger partial charge in [-0.2, -0.15) is 13.2 Å². The Morgan fingerprint density at radius 2 is 1.92 bits per heavy atom. The zero-order valence-electron chi connectivity index (χ0n) is 19.3. The number of hydrogen-bond acceptors (Lipinski definition) is 7. The number of benzene rings is 1. The van der Waals surface area contributed by atoms with Gasteiger partial charge in [-0.1, -0.05) is 6.07 Å². The number of aryl methyl sites for hydroxylation is 1. The average Bonchev–Trinajstić information content (AvgIpc) is 3.27. The lowest BCUT2D eigenvalue weighted by molar-refractivity contribution is -0.141. The van der Waals surface area contributed by atoms with Crippen LogP contribution in [-0.4, -0.2) is 45.3 Å². The fraction of sp³-hybridized carbons (Fsp3) is 0.417. The fourth-order valence-corrected chi connectivity index (χ4v) is 4.31. The van der Waals surface area contributed by atoms with Crippen molar-refractivity contribution in [1.29, 1.82) is 0 Å². The van der Waals surface area contributed by atoms with Crippen molar-refractivity contribution in [3.8, 4) is 5.75 Å². The normalized spacial score (nSPS) is 18.2. The van der Waals surface area contributed by atoms with E-state index in [-0.39, 0.29) is 29.9 Å². The number of halogens is 3. The van der Waals surface area contributed by atoms with Crippen molar-refractivity contribution in [3.05, 3.63) is 47.1 Å². The number of fused-ring (bicyclic) bond motifs is 1. The lowest BCUT2D eigenvalue weighted by atomic mass is 9.82. The van der Waals surface area contributed by atoms with Crippen molar-refractivity contribution < 1.29 is 42.1 Å². The second-order valence-corrected chi connectivity index (χ2v) is 8.72. The second-order valence-electron chi connectivity index (χ2n) is 8.72. The number of anilines is 1. The molecule has 1 fully saturated rings. The predicted molar refractivity (Wildman–Crippen MR) is 121 cm³/mol. The largest absolute Gasteiger partial charge is 0.479 e. The van der Waals surface area contributed by atoms with Crippen LogP contribution in [0.25, 0.3) is 11.1 Å². The molecule has 4 rings (SSSR count). The highest BCUT2D eigenvalue weighted by Gasteiger charge is 2.33. The van der Waals surface area contributed by atoms with Gasteiger partial charge in [-0.15, -0.1) is 0 Å². The zero-order chi connectivity index (χ0) is 26.0. The van der Waals surface area contributed by atoms with E-state index >= 15 is 0 Å². The number of aliphatic carboxylic acids is 1. The molecule has 2 aromatic heterocycles. The van der Waals surface area contributed by atoms with E-state index in [1.54, 1.807) is 6.92 Å². The number of pyridine rings is 1. The first kappa shape index (κ1) is 25.4. The summed E-state index contributed by atoms with van der Waals surface area (Å²) >= 11 is 0. The van der Waals surface area contributed by atoms with Crippen LogP contribution >= 0.6 is 0 Å². The number of aliphatic hydroxyl groups is 1. The van der Waals surface area contributed by atoms with Crippen molar-refractivity contribution in [1.82, 2.24) is 9.97 Å². The molecule has 1 saturated carbocycles. The van der Waals surface area contributed by atoms with Crippen LogP contribution < -0.4 is 10.1 Å². The van der Waals surface area contributed by atoms with E-state index in [2.05, 4.69) is 15.3 Å². The van der Waals surface area contributed by atoms with E-state index < -0.39 is 36.0 Å². The molecule has 0 unspecified atom stereocenters. The molecule has 0 aliphatic heterocycles. The number of amides is 1. The minimum absolute atomic E-state index is 0.00839. The monoisotopic (exact) mass is 507 g/mol. The number of carbonyl (C=O) groups is 2. The maximum Gasteiger partial charge on any atom is 0.433 e. The molecule has 0 saturated heterocycles. The molecular formula is C24H24F3N3O6. The summed E-state index contributed by atoms with van der Waals surface area (Å²) in [6, 6.07) is 4.34. The number of oxazole rings is 1. The summed E-state index contributed by atoms with van der Waals surface area (Å²) in [4.78, 5) is 31.8. The smallest absolute Gasteiger partial charge is 0.433 e. The molecule has 2 heterocycles. The molecule has 1 aliphatic rings. The molecule has 12 heteroatoms. The number of aromatic nitrogens is 2. The molecule has 0 spiro atoms. The van der Waals surface area contributed by atoms with E-state index in [4.69, 9.17) is 14.3 Å². The van der Waals surface area contributed by atoms with Gasteiger partial charge in [-0.3, -0.25) is 4.79 Å². The Balaban J connectivity index is 1.68. The number of rotatable bonds is 7. The number of nitrogens with one attached hydrogen (secondary N) is 1. The lowest BCUT2D eigenvalue weighted by Crippen LogP contribution is -2.18. The van der Waals surface area contributed by atoms with Gasteiger partial charge in [0.15, 0.2) is 18.1 Å². The number of carboxylic acid groups (broad SMARTS) is 1. The third-order valence-corrected chi connectivity index (χ3v) is 6.20. The summed E-state index contributed by atoms with van der Waals surface area (Å²) in [7, 11) is 0. The minimum Gasteiger partial charge on any atom is -0.479 e. The van der Waals surface area contributed by atoms with Crippen LogP contribution in [-0.2, 0) is 11.0 Å². The zero-order valence-corrected chi connectivity index (χ0v) is 19.3. The minimum atomic E-state index is -4.73. The van der Waals surface area contributed by atoms with Gasteiger partial charge in [0.25, 0.3) is 5.91 Å². The van der Waals surface area contributed by atoms with Crippen LogP contribution in [0.4, 0.5) is 18.9 Å². The number of carbonyl (C=O) groups excluding carboxylic acids is 1. The first-order valence-corrected chi connectivity index (χ1v) is 11.3. The first-order chi connectivity index (χ1) is 17.1. The fourth-order valence-electron chi connectivity index (χ4n) is 4.31. The topological polar surface area (TPSA) is 135 Å². The van der Waals surface area contributed by atoms with E-state index in [9.17, 15) is 27.9 Å². The van der Waals surface area contributed by atoms with Gasteiger partial charge in [-0.05, 0) is 50.7 Å². The summed E-state index contributed by atoms with van der Waals surface area (Å²) in [6.07, 6.45) is -1.50. The Morgan fingerprint density at radius 3 is 2.56 bits per heavy atom. The highest BCUT2D eigenvalue weighted by atomic mass is 19.4. The molecule has 3 N–H and O–H groups in total. The molecule has 9 nitrogen and oxygen atoms in total. The summed E-state index contributed by atoms with van der Waals surface area (Å²) in [6.45, 7) is 1.03. The van der Waals surface area contributed by atoms with Crippen LogP contribution in [0.2, 0.25) is 0 Å². The lowest BCUT2D eigenvalue weighted by Gasteiger charge is -2.24. The quantitative estimate of drug-likeness (QED) is 0.425. The van der Waals surface area contributed by atoms with Crippen LogP contribution in [0.1, 0.15) is 59.2 Å². The van der Waals surface area contributed by atoms with Crippen molar-refractivity contribution in [3.63, 3.8) is 0 Å². The molecule has 0 radical (unpaired) electrons. The summed E-state index contributed by atoms with van der Waals surface area (Å²) < 4.78 is 50.4. The van der Waals surface area contributed by atoms with Gasteiger partial charge < -0.3 is 24.7 Å².